The van der Waals surface area contributed by atoms with Gasteiger partial charge in [0, 0.05) is 26.0 Å². The lowest BCUT2D eigenvalue weighted by Gasteiger charge is -2.28. The zero-order valence-electron chi connectivity index (χ0n) is 14.7. The van der Waals surface area contributed by atoms with E-state index in [-0.39, 0.29) is 5.69 Å². The topological polar surface area (TPSA) is 82.1 Å². The number of amides is 4. The molecule has 0 aliphatic carbocycles. The first-order valence-electron chi connectivity index (χ1n) is 8.13. The molecule has 7 nitrogen and oxygen atoms in total. The predicted octanol–water partition coefficient (Wildman–Crippen LogP) is 2.49. The molecular weight excluding hydrogens is 351 g/mol. The number of urea groups is 1. The zero-order chi connectivity index (χ0) is 19.6. The quantitative estimate of drug-likeness (QED) is 0.664. The fraction of sp³-hybridized carbons (Fsp3) is 0.158. The highest BCUT2D eigenvalue weighted by Crippen LogP contribution is 2.24. The Bertz CT molecular complexity index is 925. The number of hydrogen-bond donors (Lipinski definition) is 1. The molecule has 4 amide bonds. The van der Waals surface area contributed by atoms with E-state index in [2.05, 4.69) is 10.3 Å². The number of carbonyl (C=O) groups is 3. The van der Waals surface area contributed by atoms with Crippen LogP contribution in [-0.4, -0.2) is 38.2 Å². The van der Waals surface area contributed by atoms with Crippen LogP contribution in [0.3, 0.4) is 0 Å². The van der Waals surface area contributed by atoms with Crippen LogP contribution in [0.2, 0.25) is 0 Å². The van der Waals surface area contributed by atoms with Gasteiger partial charge in [-0.25, -0.2) is 14.1 Å². The molecule has 1 aliphatic heterocycles. The lowest BCUT2D eigenvalue weighted by molar-refractivity contribution is -0.131. The van der Waals surface area contributed by atoms with Gasteiger partial charge >= 0.3 is 6.03 Å². The average molecular weight is 368 g/mol. The summed E-state index contributed by atoms with van der Waals surface area (Å²) in [5.41, 5.74) is 1.29. The van der Waals surface area contributed by atoms with Crippen molar-refractivity contribution in [2.75, 3.05) is 23.9 Å². The standard InChI is InChI=1S/C19H17FN4O3/c1-23(2)13-9-7-12(8-10-13)21-11-14-17(25)22-19(27)24(18(14)26)16-6-4-3-5-15(16)20/h3-11,14H,1-2H3,(H,22,25,27)/t14-/m0/s1. The molecule has 0 spiro atoms. The summed E-state index contributed by atoms with van der Waals surface area (Å²) in [5.74, 6) is -3.74. The van der Waals surface area contributed by atoms with E-state index >= 15 is 0 Å². The number of hydrogen-bond acceptors (Lipinski definition) is 5. The van der Waals surface area contributed by atoms with Gasteiger partial charge < -0.3 is 4.90 Å². The van der Waals surface area contributed by atoms with Crippen LogP contribution in [0, 0.1) is 11.7 Å². The third-order valence-electron chi connectivity index (χ3n) is 4.03. The Hall–Kier alpha value is -3.55. The minimum atomic E-state index is -1.34. The lowest BCUT2D eigenvalue weighted by Crippen LogP contribution is -2.58. The molecule has 1 aliphatic rings. The smallest absolute Gasteiger partial charge is 0.335 e. The third-order valence-corrected chi connectivity index (χ3v) is 4.03. The first kappa shape index (κ1) is 18.2. The zero-order valence-corrected chi connectivity index (χ0v) is 14.7. The molecule has 3 rings (SSSR count). The molecule has 1 fully saturated rings. The largest absolute Gasteiger partial charge is 0.378 e. The molecule has 8 heteroatoms. The number of anilines is 2. The molecule has 2 aromatic carbocycles. The van der Waals surface area contributed by atoms with Crippen molar-refractivity contribution >= 4 is 41.1 Å². The van der Waals surface area contributed by atoms with Gasteiger partial charge in [0.15, 0.2) is 5.92 Å². The van der Waals surface area contributed by atoms with Crippen LogP contribution in [0.5, 0.6) is 0 Å². The molecule has 0 aromatic heterocycles. The first-order valence-corrected chi connectivity index (χ1v) is 8.13. The molecule has 1 heterocycles. The van der Waals surface area contributed by atoms with Crippen LogP contribution in [0.25, 0.3) is 0 Å². The molecule has 1 atom stereocenters. The van der Waals surface area contributed by atoms with Crippen molar-refractivity contribution in [1.82, 2.24) is 5.32 Å². The van der Waals surface area contributed by atoms with E-state index in [1.807, 2.05) is 31.1 Å². The summed E-state index contributed by atoms with van der Waals surface area (Å²) >= 11 is 0. The Morgan fingerprint density at radius 1 is 1.07 bits per heavy atom. The molecule has 1 N–H and O–H groups in total. The second kappa shape index (κ2) is 7.36. The van der Waals surface area contributed by atoms with E-state index in [9.17, 15) is 18.8 Å². The monoisotopic (exact) mass is 368 g/mol. The van der Waals surface area contributed by atoms with Crippen LogP contribution in [0.4, 0.5) is 26.2 Å². The highest BCUT2D eigenvalue weighted by molar-refractivity contribution is 6.32. The maximum atomic E-state index is 14.0. The van der Waals surface area contributed by atoms with Gasteiger partial charge in [0.2, 0.25) is 5.91 Å². The number of aliphatic imine (C=N–C) groups is 1. The number of para-hydroxylation sites is 1. The highest BCUT2D eigenvalue weighted by Gasteiger charge is 2.41. The summed E-state index contributed by atoms with van der Waals surface area (Å²) in [6, 6.07) is 11.5. The van der Waals surface area contributed by atoms with E-state index in [1.54, 1.807) is 12.1 Å². The van der Waals surface area contributed by atoms with Crippen LogP contribution >= 0.6 is 0 Å². The van der Waals surface area contributed by atoms with Gasteiger partial charge in [-0.1, -0.05) is 12.1 Å². The highest BCUT2D eigenvalue weighted by atomic mass is 19.1. The number of nitrogens with zero attached hydrogens (tertiary/aromatic N) is 3. The summed E-state index contributed by atoms with van der Waals surface area (Å²) in [6.45, 7) is 0. The average Bonchev–Trinajstić information content (AvgIpc) is 2.63. The van der Waals surface area contributed by atoms with Gasteiger partial charge in [-0.05, 0) is 36.4 Å². The maximum Gasteiger partial charge on any atom is 0.335 e. The SMILES string of the molecule is CN(C)c1ccc(N=C[C@H]2C(=O)NC(=O)N(c3ccccc3F)C2=O)cc1. The number of nitrogens with one attached hydrogen (secondary N) is 1. The van der Waals surface area contributed by atoms with Crippen molar-refractivity contribution in [2.45, 2.75) is 0 Å². The van der Waals surface area contributed by atoms with Crippen molar-refractivity contribution in [3.63, 3.8) is 0 Å². The molecule has 0 saturated carbocycles. The minimum absolute atomic E-state index is 0.221. The maximum absolute atomic E-state index is 14.0. The molecule has 138 valence electrons. The van der Waals surface area contributed by atoms with Gasteiger partial charge in [0.25, 0.3) is 5.91 Å². The Labute approximate surface area is 155 Å². The number of imide groups is 2. The molecule has 27 heavy (non-hydrogen) atoms. The molecule has 1 saturated heterocycles. The van der Waals surface area contributed by atoms with Crippen molar-refractivity contribution in [3.05, 3.63) is 54.3 Å². The van der Waals surface area contributed by atoms with E-state index in [0.717, 1.165) is 18.0 Å². The van der Waals surface area contributed by atoms with Gasteiger partial charge in [-0.2, -0.15) is 0 Å². The summed E-state index contributed by atoms with van der Waals surface area (Å²) in [7, 11) is 3.80. The normalized spacial score (nSPS) is 17.4. The van der Waals surface area contributed by atoms with Gasteiger partial charge in [0.1, 0.15) is 5.82 Å². The van der Waals surface area contributed by atoms with Crippen molar-refractivity contribution in [1.29, 1.82) is 0 Å². The second-order valence-corrected chi connectivity index (χ2v) is 6.09. The Morgan fingerprint density at radius 2 is 1.74 bits per heavy atom. The fourth-order valence-electron chi connectivity index (χ4n) is 2.58. The van der Waals surface area contributed by atoms with E-state index in [1.165, 1.54) is 18.2 Å². The number of benzene rings is 2. The van der Waals surface area contributed by atoms with Crippen molar-refractivity contribution in [2.24, 2.45) is 10.9 Å². The first-order chi connectivity index (χ1) is 12.9. The van der Waals surface area contributed by atoms with Gasteiger partial charge in [-0.3, -0.25) is 19.9 Å². The van der Waals surface area contributed by atoms with E-state index in [4.69, 9.17) is 0 Å². The van der Waals surface area contributed by atoms with Gasteiger partial charge in [0.05, 0.1) is 11.4 Å². The van der Waals surface area contributed by atoms with Crippen LogP contribution in [-0.2, 0) is 9.59 Å². The van der Waals surface area contributed by atoms with E-state index < -0.39 is 29.6 Å². The third kappa shape index (κ3) is 3.69. The predicted molar refractivity (Wildman–Crippen MR) is 99.8 cm³/mol. The van der Waals surface area contributed by atoms with Crippen molar-refractivity contribution < 1.29 is 18.8 Å². The van der Waals surface area contributed by atoms with Crippen LogP contribution < -0.4 is 15.1 Å². The van der Waals surface area contributed by atoms with E-state index in [0.29, 0.717) is 10.6 Å². The number of carbonyl (C=O) groups excluding carboxylic acids is 3. The van der Waals surface area contributed by atoms with Gasteiger partial charge in [-0.15, -0.1) is 0 Å². The minimum Gasteiger partial charge on any atom is -0.378 e. The number of rotatable bonds is 4. The van der Waals surface area contributed by atoms with Crippen LogP contribution in [0.1, 0.15) is 0 Å². The number of barbiturate groups is 1. The van der Waals surface area contributed by atoms with Crippen molar-refractivity contribution in [3.8, 4) is 0 Å². The lowest BCUT2D eigenvalue weighted by atomic mass is 10.1. The fourth-order valence-corrected chi connectivity index (χ4v) is 2.58. The summed E-state index contributed by atoms with van der Waals surface area (Å²) in [4.78, 5) is 43.4. The molecule has 0 bridgehead atoms. The Kier molecular flexibility index (Phi) is 4.98. The number of halogens is 1. The Morgan fingerprint density at radius 3 is 2.37 bits per heavy atom. The summed E-state index contributed by atoms with van der Waals surface area (Å²) in [6.07, 6.45) is 1.16. The molecule has 0 radical (unpaired) electrons. The molecule has 0 unspecified atom stereocenters. The molecular formula is C19H17FN4O3. The van der Waals surface area contributed by atoms with Crippen LogP contribution in [0.15, 0.2) is 53.5 Å². The summed E-state index contributed by atoms with van der Waals surface area (Å²) < 4.78 is 14.0. The molecule has 2 aromatic rings. The summed E-state index contributed by atoms with van der Waals surface area (Å²) in [5, 5.41) is 2.06. The second-order valence-electron chi connectivity index (χ2n) is 6.09. The Balaban J connectivity index is 1.86.